The second kappa shape index (κ2) is 5.19. The van der Waals surface area contributed by atoms with Crippen LogP contribution in [0.5, 0.6) is 5.75 Å². The highest BCUT2D eigenvalue weighted by Crippen LogP contribution is 2.39. The van der Waals surface area contributed by atoms with Crippen molar-refractivity contribution in [3.05, 3.63) is 23.8 Å². The van der Waals surface area contributed by atoms with Crippen molar-refractivity contribution in [2.24, 2.45) is 0 Å². The van der Waals surface area contributed by atoms with E-state index >= 15 is 0 Å². The number of carbonyl (C=O) groups excluding carboxylic acids is 1. The fraction of sp³-hybridized carbons (Fsp3) is 0.500. The Morgan fingerprint density at radius 2 is 2.11 bits per heavy atom. The van der Waals surface area contributed by atoms with Crippen molar-refractivity contribution in [2.45, 2.75) is 32.1 Å². The molecule has 1 N–H and O–H groups in total. The molecule has 1 aliphatic heterocycles. The van der Waals surface area contributed by atoms with Gasteiger partial charge in [-0.25, -0.2) is 0 Å². The molecule has 1 aromatic carbocycles. The molecule has 3 nitrogen and oxygen atoms in total. The van der Waals surface area contributed by atoms with Gasteiger partial charge >= 0.3 is 0 Å². The molecule has 18 heavy (non-hydrogen) atoms. The van der Waals surface area contributed by atoms with Crippen LogP contribution in [0.3, 0.4) is 0 Å². The van der Waals surface area contributed by atoms with E-state index < -0.39 is 5.41 Å². The first-order chi connectivity index (χ1) is 8.55. The number of amides is 1. The van der Waals surface area contributed by atoms with Crippen molar-refractivity contribution in [2.75, 3.05) is 17.8 Å². The molecule has 0 saturated carbocycles. The number of nitrogens with one attached hydrogen (secondary N) is 1. The molecule has 0 radical (unpaired) electrons. The average Bonchev–Trinajstić information content (AvgIpc) is 2.57. The predicted octanol–water partition coefficient (Wildman–Crippen LogP) is 3.31. The fourth-order valence-corrected chi connectivity index (χ4v) is 2.22. The summed E-state index contributed by atoms with van der Waals surface area (Å²) in [5.41, 5.74) is 1.41. The van der Waals surface area contributed by atoms with E-state index in [1.807, 2.05) is 32.0 Å². The zero-order valence-electron chi connectivity index (χ0n) is 10.8. The van der Waals surface area contributed by atoms with Crippen LogP contribution in [0, 0.1) is 0 Å². The minimum absolute atomic E-state index is 0.0387. The standard InChI is InChI=1S/C14H18ClNO2/c1-14(2)11-9-10(18-8-4-3-7-15)5-6-12(11)16-13(14)17/h5-6,9H,3-4,7-8H2,1-2H3,(H,16,17). The van der Waals surface area contributed by atoms with E-state index in [4.69, 9.17) is 16.3 Å². The van der Waals surface area contributed by atoms with Crippen molar-refractivity contribution in [3.8, 4) is 5.75 Å². The highest BCUT2D eigenvalue weighted by molar-refractivity contribution is 6.17. The van der Waals surface area contributed by atoms with Crippen LogP contribution in [0.25, 0.3) is 0 Å². The number of carbonyl (C=O) groups is 1. The molecule has 2 rings (SSSR count). The maximum atomic E-state index is 11.8. The molecule has 0 aliphatic carbocycles. The van der Waals surface area contributed by atoms with Crippen LogP contribution in [-0.2, 0) is 10.2 Å². The Labute approximate surface area is 112 Å². The lowest BCUT2D eigenvalue weighted by molar-refractivity contribution is -0.119. The quantitative estimate of drug-likeness (QED) is 0.657. The summed E-state index contributed by atoms with van der Waals surface area (Å²) in [6.45, 7) is 4.50. The maximum absolute atomic E-state index is 11.8. The van der Waals surface area contributed by atoms with Gasteiger partial charge in [-0.05, 0) is 50.5 Å². The van der Waals surface area contributed by atoms with Crippen LogP contribution in [0.15, 0.2) is 18.2 Å². The van der Waals surface area contributed by atoms with E-state index in [1.165, 1.54) is 0 Å². The van der Waals surface area contributed by atoms with Crippen molar-refractivity contribution in [1.29, 1.82) is 0 Å². The van der Waals surface area contributed by atoms with Crippen LogP contribution in [0.4, 0.5) is 5.69 Å². The van der Waals surface area contributed by atoms with Gasteiger partial charge in [-0.1, -0.05) is 0 Å². The minimum Gasteiger partial charge on any atom is -0.494 e. The highest BCUT2D eigenvalue weighted by atomic mass is 35.5. The zero-order valence-corrected chi connectivity index (χ0v) is 11.5. The van der Waals surface area contributed by atoms with Gasteiger partial charge < -0.3 is 10.1 Å². The van der Waals surface area contributed by atoms with Crippen molar-refractivity contribution in [3.63, 3.8) is 0 Å². The average molecular weight is 268 g/mol. The molecular formula is C14H18ClNO2. The SMILES string of the molecule is CC1(C)C(=O)Nc2ccc(OCCCCCl)cc21. The summed E-state index contributed by atoms with van der Waals surface area (Å²) in [5, 5.41) is 2.88. The Bertz CT molecular complexity index is 457. The number of hydrogen-bond acceptors (Lipinski definition) is 2. The monoisotopic (exact) mass is 267 g/mol. The molecular weight excluding hydrogens is 250 g/mol. The van der Waals surface area contributed by atoms with Crippen LogP contribution in [0.2, 0.25) is 0 Å². The Hall–Kier alpha value is -1.22. The van der Waals surface area contributed by atoms with Gasteiger partial charge in [-0.15, -0.1) is 11.6 Å². The first-order valence-corrected chi connectivity index (χ1v) is 6.74. The lowest BCUT2D eigenvalue weighted by Gasteiger charge is -2.16. The highest BCUT2D eigenvalue weighted by Gasteiger charge is 2.38. The molecule has 98 valence electrons. The second-order valence-corrected chi connectivity index (χ2v) is 5.41. The summed E-state index contributed by atoms with van der Waals surface area (Å²) >= 11 is 5.61. The molecule has 0 atom stereocenters. The van der Waals surface area contributed by atoms with Gasteiger partial charge in [0.2, 0.25) is 5.91 Å². The Morgan fingerprint density at radius 1 is 1.33 bits per heavy atom. The molecule has 1 heterocycles. The maximum Gasteiger partial charge on any atom is 0.234 e. The number of anilines is 1. The number of benzene rings is 1. The summed E-state index contributed by atoms with van der Waals surface area (Å²) in [7, 11) is 0. The molecule has 0 fully saturated rings. The Morgan fingerprint density at radius 3 is 2.83 bits per heavy atom. The summed E-state index contributed by atoms with van der Waals surface area (Å²) in [6.07, 6.45) is 1.90. The predicted molar refractivity (Wildman–Crippen MR) is 73.5 cm³/mol. The van der Waals surface area contributed by atoms with Crippen molar-refractivity contribution >= 4 is 23.2 Å². The molecule has 1 aromatic rings. The molecule has 4 heteroatoms. The summed E-state index contributed by atoms with van der Waals surface area (Å²) in [6, 6.07) is 5.74. The van der Waals surface area contributed by atoms with E-state index in [9.17, 15) is 4.79 Å². The molecule has 0 spiro atoms. The van der Waals surface area contributed by atoms with Gasteiger partial charge in [-0.3, -0.25) is 4.79 Å². The molecule has 1 amide bonds. The van der Waals surface area contributed by atoms with E-state index in [2.05, 4.69) is 5.32 Å². The molecule has 0 aromatic heterocycles. The van der Waals surface area contributed by atoms with Crippen LogP contribution in [-0.4, -0.2) is 18.4 Å². The largest absolute Gasteiger partial charge is 0.494 e. The van der Waals surface area contributed by atoms with E-state index in [0.29, 0.717) is 12.5 Å². The molecule has 0 saturated heterocycles. The van der Waals surface area contributed by atoms with Gasteiger partial charge in [0.1, 0.15) is 5.75 Å². The van der Waals surface area contributed by atoms with E-state index in [0.717, 1.165) is 29.8 Å². The van der Waals surface area contributed by atoms with Gasteiger partial charge in [0, 0.05) is 11.6 Å². The summed E-state index contributed by atoms with van der Waals surface area (Å²) in [4.78, 5) is 11.8. The first kappa shape index (κ1) is 13.2. The number of alkyl halides is 1. The minimum atomic E-state index is -0.481. The van der Waals surface area contributed by atoms with E-state index in [-0.39, 0.29) is 5.91 Å². The molecule has 0 unspecified atom stereocenters. The second-order valence-electron chi connectivity index (χ2n) is 5.03. The third-order valence-electron chi connectivity index (χ3n) is 3.28. The summed E-state index contributed by atoms with van der Waals surface area (Å²) in [5.74, 6) is 1.52. The van der Waals surface area contributed by atoms with Crippen LogP contribution in [0.1, 0.15) is 32.3 Å². The fourth-order valence-electron chi connectivity index (χ4n) is 2.03. The van der Waals surface area contributed by atoms with E-state index in [1.54, 1.807) is 0 Å². The number of ether oxygens (including phenoxy) is 1. The molecule has 1 aliphatic rings. The lowest BCUT2D eigenvalue weighted by atomic mass is 9.86. The van der Waals surface area contributed by atoms with Crippen molar-refractivity contribution < 1.29 is 9.53 Å². The van der Waals surface area contributed by atoms with Crippen LogP contribution < -0.4 is 10.1 Å². The Kier molecular flexibility index (Phi) is 3.81. The third-order valence-corrected chi connectivity index (χ3v) is 3.54. The van der Waals surface area contributed by atoms with Crippen molar-refractivity contribution in [1.82, 2.24) is 0 Å². The first-order valence-electron chi connectivity index (χ1n) is 6.20. The number of unbranched alkanes of at least 4 members (excludes halogenated alkanes) is 1. The van der Waals surface area contributed by atoms with Gasteiger partial charge in [0.05, 0.1) is 12.0 Å². The van der Waals surface area contributed by atoms with Gasteiger partial charge in [0.25, 0.3) is 0 Å². The summed E-state index contributed by atoms with van der Waals surface area (Å²) < 4.78 is 5.66. The van der Waals surface area contributed by atoms with Gasteiger partial charge in [-0.2, -0.15) is 0 Å². The van der Waals surface area contributed by atoms with Gasteiger partial charge in [0.15, 0.2) is 0 Å². The Balaban J connectivity index is 2.09. The lowest BCUT2D eigenvalue weighted by Crippen LogP contribution is -2.26. The smallest absolute Gasteiger partial charge is 0.234 e. The number of rotatable bonds is 5. The third kappa shape index (κ3) is 2.46. The number of halogens is 1. The topological polar surface area (TPSA) is 38.3 Å². The van der Waals surface area contributed by atoms with Crippen LogP contribution >= 0.6 is 11.6 Å². The normalized spacial score (nSPS) is 16.3. The number of fused-ring (bicyclic) bond motifs is 1. The molecule has 0 bridgehead atoms. The number of hydrogen-bond donors (Lipinski definition) is 1. The zero-order chi connectivity index (χ0) is 13.2.